The average Bonchev–Trinajstić information content (AvgIpc) is 3.14. The highest BCUT2D eigenvalue weighted by atomic mass is 35.5. The number of thiazole rings is 1. The second-order valence-electron chi connectivity index (χ2n) is 8.82. The minimum absolute atomic E-state index is 0.00182. The van der Waals surface area contributed by atoms with Crippen LogP contribution in [0.2, 0.25) is 5.02 Å². The van der Waals surface area contributed by atoms with Gasteiger partial charge in [-0.3, -0.25) is 14.2 Å². The first-order chi connectivity index (χ1) is 17.2. The Kier molecular flexibility index (Phi) is 7.81. The summed E-state index contributed by atoms with van der Waals surface area (Å²) in [4.78, 5) is 34.5. The van der Waals surface area contributed by atoms with Gasteiger partial charge in [-0.05, 0) is 64.5 Å². The Morgan fingerprint density at radius 1 is 1.17 bits per heavy atom. The number of allylic oxidation sites excluding steroid dienone is 1. The summed E-state index contributed by atoms with van der Waals surface area (Å²) in [7, 11) is 0. The zero-order valence-electron chi connectivity index (χ0n) is 21.1. The number of hydrogen-bond donors (Lipinski definition) is 0. The van der Waals surface area contributed by atoms with Gasteiger partial charge >= 0.3 is 0 Å². The second kappa shape index (κ2) is 10.8. The van der Waals surface area contributed by atoms with Gasteiger partial charge in [0.1, 0.15) is 5.75 Å². The first-order valence-electron chi connectivity index (χ1n) is 12.1. The summed E-state index contributed by atoms with van der Waals surface area (Å²) in [6.07, 6.45) is 1.84. The molecule has 6 nitrogen and oxygen atoms in total. The van der Waals surface area contributed by atoms with Crippen molar-refractivity contribution in [2.75, 3.05) is 13.1 Å². The number of rotatable bonds is 7. The molecule has 0 aliphatic carbocycles. The maximum atomic E-state index is 13.9. The van der Waals surface area contributed by atoms with Crippen LogP contribution in [-0.4, -0.2) is 34.6 Å². The van der Waals surface area contributed by atoms with Crippen molar-refractivity contribution < 1.29 is 9.53 Å². The van der Waals surface area contributed by atoms with Crippen molar-refractivity contribution in [2.45, 2.75) is 46.8 Å². The zero-order valence-corrected chi connectivity index (χ0v) is 22.7. The number of halogens is 1. The van der Waals surface area contributed by atoms with E-state index in [-0.39, 0.29) is 17.6 Å². The fraction of sp³-hybridized carbons (Fsp3) is 0.321. The van der Waals surface area contributed by atoms with Crippen LogP contribution in [0.4, 0.5) is 0 Å². The quantitative estimate of drug-likeness (QED) is 0.456. The lowest BCUT2D eigenvalue weighted by Crippen LogP contribution is -2.43. The molecule has 36 heavy (non-hydrogen) atoms. The molecular weight excluding hydrogens is 494 g/mol. The fourth-order valence-corrected chi connectivity index (χ4v) is 5.50. The monoisotopic (exact) mass is 523 g/mol. The van der Waals surface area contributed by atoms with E-state index in [9.17, 15) is 9.59 Å². The molecule has 0 saturated heterocycles. The van der Waals surface area contributed by atoms with Crippen molar-refractivity contribution >= 4 is 34.9 Å². The maximum Gasteiger partial charge on any atom is 0.271 e. The number of likely N-dealkylation sites (N-methyl/N-ethyl adjacent to an activating group) is 1. The van der Waals surface area contributed by atoms with Crippen LogP contribution in [0.15, 0.2) is 69.6 Å². The van der Waals surface area contributed by atoms with Gasteiger partial charge < -0.3 is 9.64 Å². The van der Waals surface area contributed by atoms with Gasteiger partial charge in [0.15, 0.2) is 4.80 Å². The van der Waals surface area contributed by atoms with Gasteiger partial charge in [0, 0.05) is 23.7 Å². The third-order valence-electron chi connectivity index (χ3n) is 6.06. The Morgan fingerprint density at radius 2 is 1.83 bits per heavy atom. The van der Waals surface area contributed by atoms with E-state index in [4.69, 9.17) is 21.3 Å². The molecule has 0 bridgehead atoms. The molecule has 4 rings (SSSR count). The maximum absolute atomic E-state index is 13.9. The predicted octanol–water partition coefficient (Wildman–Crippen LogP) is 4.54. The van der Waals surface area contributed by atoms with Crippen LogP contribution in [-0.2, 0) is 4.79 Å². The standard InChI is InChI=1S/C28H30ClN3O3S/c1-6-31(7-2)27(34)24-18(5)30-28-32(25(24)19-12-14-21(29)15-13-19)26(33)23(36-28)16-20-10-8-9-11-22(20)35-17(3)4/h8-17,25H,6-7H2,1-5H3/b23-16+/t25-/m0/s1. The van der Waals surface area contributed by atoms with Crippen molar-refractivity contribution in [1.29, 1.82) is 0 Å². The van der Waals surface area contributed by atoms with Crippen molar-refractivity contribution in [3.05, 3.63) is 95.6 Å². The van der Waals surface area contributed by atoms with Crippen LogP contribution >= 0.6 is 22.9 Å². The summed E-state index contributed by atoms with van der Waals surface area (Å²) >= 11 is 7.47. The third kappa shape index (κ3) is 5.04. The number of amides is 1. The summed E-state index contributed by atoms with van der Waals surface area (Å²) in [5, 5.41) is 0.588. The molecule has 3 aromatic rings. The van der Waals surface area contributed by atoms with E-state index in [0.717, 1.165) is 11.1 Å². The lowest BCUT2D eigenvalue weighted by atomic mass is 9.94. The Morgan fingerprint density at radius 3 is 2.47 bits per heavy atom. The zero-order chi connectivity index (χ0) is 26.0. The summed E-state index contributed by atoms with van der Waals surface area (Å²) in [5.74, 6) is 0.590. The molecule has 0 saturated carbocycles. The predicted molar refractivity (Wildman–Crippen MR) is 145 cm³/mol. The minimum atomic E-state index is -0.601. The number of benzene rings is 2. The molecular formula is C28H30ClN3O3S. The molecule has 1 amide bonds. The Labute approximate surface area is 219 Å². The number of aromatic nitrogens is 1. The highest BCUT2D eigenvalue weighted by Crippen LogP contribution is 2.32. The van der Waals surface area contributed by atoms with Gasteiger partial charge in [0.2, 0.25) is 0 Å². The molecule has 0 radical (unpaired) electrons. The normalized spacial score (nSPS) is 15.6. The summed E-state index contributed by atoms with van der Waals surface area (Å²) in [5.41, 5.74) is 2.54. The molecule has 0 fully saturated rings. The van der Waals surface area contributed by atoms with E-state index in [1.54, 1.807) is 21.6 Å². The van der Waals surface area contributed by atoms with Crippen LogP contribution in [0, 0.1) is 0 Å². The Hall–Kier alpha value is -3.16. The number of carbonyl (C=O) groups excluding carboxylic acids is 1. The molecule has 1 aliphatic rings. The van der Waals surface area contributed by atoms with Crippen molar-refractivity contribution in [2.24, 2.45) is 4.99 Å². The molecule has 0 spiro atoms. The lowest BCUT2D eigenvalue weighted by Gasteiger charge is -2.29. The molecule has 1 aromatic heterocycles. The van der Waals surface area contributed by atoms with Gasteiger partial charge in [0.05, 0.1) is 27.9 Å². The Balaban J connectivity index is 1.94. The lowest BCUT2D eigenvalue weighted by molar-refractivity contribution is -0.127. The average molecular weight is 524 g/mol. The minimum Gasteiger partial charge on any atom is -0.490 e. The van der Waals surface area contributed by atoms with E-state index in [2.05, 4.69) is 0 Å². The van der Waals surface area contributed by atoms with Crippen LogP contribution in [0.3, 0.4) is 0 Å². The Bertz CT molecular complexity index is 1480. The molecule has 2 heterocycles. The van der Waals surface area contributed by atoms with Gasteiger partial charge in [-0.15, -0.1) is 0 Å². The van der Waals surface area contributed by atoms with Crippen LogP contribution < -0.4 is 19.6 Å². The molecule has 188 valence electrons. The van der Waals surface area contributed by atoms with Gasteiger partial charge in [-0.1, -0.05) is 53.3 Å². The molecule has 0 unspecified atom stereocenters. The third-order valence-corrected chi connectivity index (χ3v) is 7.29. The summed E-state index contributed by atoms with van der Waals surface area (Å²) < 4.78 is 8.11. The molecule has 0 N–H and O–H groups in total. The molecule has 8 heteroatoms. The van der Waals surface area contributed by atoms with E-state index in [1.807, 2.05) is 77.1 Å². The topological polar surface area (TPSA) is 63.9 Å². The number of carbonyl (C=O) groups is 1. The summed E-state index contributed by atoms with van der Waals surface area (Å²) in [6, 6.07) is 14.3. The number of hydrogen-bond acceptors (Lipinski definition) is 5. The van der Waals surface area contributed by atoms with Gasteiger partial charge in [0.25, 0.3) is 11.5 Å². The summed E-state index contributed by atoms with van der Waals surface area (Å²) in [6.45, 7) is 10.8. The second-order valence-corrected chi connectivity index (χ2v) is 10.3. The van der Waals surface area contributed by atoms with Crippen LogP contribution in [0.25, 0.3) is 6.08 Å². The smallest absolute Gasteiger partial charge is 0.271 e. The van der Waals surface area contributed by atoms with E-state index < -0.39 is 6.04 Å². The number of fused-ring (bicyclic) bond motifs is 1. The largest absolute Gasteiger partial charge is 0.490 e. The van der Waals surface area contributed by atoms with E-state index in [0.29, 0.717) is 44.5 Å². The SMILES string of the molecule is CCN(CC)C(=O)C1=C(C)N=c2s/c(=C/c3ccccc3OC(C)C)c(=O)n2[C@H]1c1ccc(Cl)cc1. The molecule has 2 aromatic carbocycles. The first-order valence-corrected chi connectivity index (χ1v) is 13.3. The highest BCUT2D eigenvalue weighted by Gasteiger charge is 2.34. The van der Waals surface area contributed by atoms with E-state index in [1.165, 1.54) is 11.3 Å². The fourth-order valence-electron chi connectivity index (χ4n) is 4.34. The molecule has 1 aliphatic heterocycles. The van der Waals surface area contributed by atoms with Crippen LogP contribution in [0.5, 0.6) is 5.75 Å². The number of nitrogens with zero attached hydrogens (tertiary/aromatic N) is 3. The van der Waals surface area contributed by atoms with Crippen molar-refractivity contribution in [3.8, 4) is 5.75 Å². The number of para-hydroxylation sites is 1. The van der Waals surface area contributed by atoms with Gasteiger partial charge in [-0.2, -0.15) is 0 Å². The molecule has 1 atom stereocenters. The van der Waals surface area contributed by atoms with Crippen molar-refractivity contribution in [1.82, 2.24) is 9.47 Å². The number of ether oxygens (including phenoxy) is 1. The van der Waals surface area contributed by atoms with Gasteiger partial charge in [-0.25, -0.2) is 4.99 Å². The van der Waals surface area contributed by atoms with E-state index >= 15 is 0 Å². The first kappa shape index (κ1) is 25.9. The highest BCUT2D eigenvalue weighted by molar-refractivity contribution is 7.07. The van der Waals surface area contributed by atoms with Crippen molar-refractivity contribution in [3.63, 3.8) is 0 Å². The van der Waals surface area contributed by atoms with Crippen LogP contribution in [0.1, 0.15) is 51.8 Å².